The van der Waals surface area contributed by atoms with Crippen molar-refractivity contribution in [1.29, 1.82) is 0 Å². The summed E-state index contributed by atoms with van der Waals surface area (Å²) in [7, 11) is 3.26. The minimum absolute atomic E-state index is 0.123. The number of ether oxygens (including phenoxy) is 1. The second-order valence-corrected chi connectivity index (χ2v) is 5.83. The third-order valence-corrected chi connectivity index (χ3v) is 3.64. The van der Waals surface area contributed by atoms with Gasteiger partial charge in [-0.15, -0.1) is 0 Å². The van der Waals surface area contributed by atoms with Crippen LogP contribution in [0.25, 0.3) is 0 Å². The molecule has 0 heterocycles. The van der Waals surface area contributed by atoms with E-state index in [0.29, 0.717) is 16.9 Å². The van der Waals surface area contributed by atoms with Crippen LogP contribution in [0.3, 0.4) is 0 Å². The van der Waals surface area contributed by atoms with Gasteiger partial charge in [0.15, 0.2) is 6.61 Å². The molecular weight excluding hydrogens is 334 g/mol. The number of hydrogen-bond donors (Lipinski definition) is 2. The Labute approximate surface area is 151 Å². The Kier molecular flexibility index (Phi) is 6.32. The van der Waals surface area contributed by atoms with Crippen molar-refractivity contribution >= 4 is 17.7 Å². The van der Waals surface area contributed by atoms with Crippen LogP contribution in [-0.2, 0) is 4.79 Å². The maximum Gasteiger partial charge on any atom is 0.269 e. The smallest absolute Gasteiger partial charge is 0.269 e. The molecule has 2 rings (SSSR count). The van der Waals surface area contributed by atoms with Gasteiger partial charge in [0.25, 0.3) is 17.7 Å². The summed E-state index contributed by atoms with van der Waals surface area (Å²) in [5, 5.41) is 0. The number of nitrogens with one attached hydrogen (secondary N) is 2. The molecule has 0 saturated heterocycles. The summed E-state index contributed by atoms with van der Waals surface area (Å²) < 4.78 is 5.37. The molecule has 0 saturated carbocycles. The van der Waals surface area contributed by atoms with Crippen LogP contribution < -0.4 is 15.6 Å². The van der Waals surface area contributed by atoms with Crippen LogP contribution in [0.2, 0.25) is 0 Å². The number of carbonyl (C=O) groups excluding carboxylic acids is 3. The highest BCUT2D eigenvalue weighted by Crippen LogP contribution is 2.13. The standard InChI is InChI=1S/C19H21N3O4/c1-13-7-4-5-10-16(13)19(25)21-20-18(24)14-8-6-9-15(11-14)26-12-17(23)22(2)3/h4-11H,12H2,1-3H3,(H,20,24)(H,21,25). The third kappa shape index (κ3) is 5.07. The Morgan fingerprint density at radius 3 is 2.35 bits per heavy atom. The molecule has 7 heteroatoms. The van der Waals surface area contributed by atoms with Crippen molar-refractivity contribution in [3.63, 3.8) is 0 Å². The number of benzene rings is 2. The van der Waals surface area contributed by atoms with E-state index in [-0.39, 0.29) is 12.5 Å². The van der Waals surface area contributed by atoms with Gasteiger partial charge in [-0.1, -0.05) is 24.3 Å². The summed E-state index contributed by atoms with van der Waals surface area (Å²) in [6, 6.07) is 13.4. The number of carbonyl (C=O) groups is 3. The van der Waals surface area contributed by atoms with Crippen molar-refractivity contribution in [2.24, 2.45) is 0 Å². The van der Waals surface area contributed by atoms with Crippen molar-refractivity contribution in [2.75, 3.05) is 20.7 Å². The number of aryl methyl sites for hydroxylation is 1. The molecule has 26 heavy (non-hydrogen) atoms. The molecule has 0 spiro atoms. The lowest BCUT2D eigenvalue weighted by atomic mass is 10.1. The number of nitrogens with zero attached hydrogens (tertiary/aromatic N) is 1. The van der Waals surface area contributed by atoms with Crippen molar-refractivity contribution in [2.45, 2.75) is 6.92 Å². The van der Waals surface area contributed by atoms with Gasteiger partial charge in [-0.3, -0.25) is 25.2 Å². The Hall–Kier alpha value is -3.35. The zero-order valence-corrected chi connectivity index (χ0v) is 14.9. The van der Waals surface area contributed by atoms with E-state index in [1.807, 2.05) is 19.1 Å². The normalized spacial score (nSPS) is 9.96. The van der Waals surface area contributed by atoms with Crippen LogP contribution in [0.1, 0.15) is 26.3 Å². The molecule has 3 amide bonds. The highest BCUT2D eigenvalue weighted by molar-refractivity contribution is 5.99. The maximum absolute atomic E-state index is 12.2. The summed E-state index contributed by atoms with van der Waals surface area (Å²) in [6.45, 7) is 1.69. The molecule has 0 aliphatic carbocycles. The van der Waals surface area contributed by atoms with E-state index in [9.17, 15) is 14.4 Å². The Morgan fingerprint density at radius 1 is 0.962 bits per heavy atom. The van der Waals surface area contributed by atoms with E-state index < -0.39 is 11.8 Å². The third-order valence-electron chi connectivity index (χ3n) is 3.64. The summed E-state index contributed by atoms with van der Waals surface area (Å²) in [6.07, 6.45) is 0. The molecule has 136 valence electrons. The van der Waals surface area contributed by atoms with Crippen LogP contribution in [0, 0.1) is 6.92 Å². The Balaban J connectivity index is 1.95. The molecule has 0 unspecified atom stereocenters. The van der Waals surface area contributed by atoms with Gasteiger partial charge < -0.3 is 9.64 Å². The first-order valence-electron chi connectivity index (χ1n) is 7.98. The van der Waals surface area contributed by atoms with Crippen molar-refractivity contribution in [1.82, 2.24) is 15.8 Å². The van der Waals surface area contributed by atoms with Crippen LogP contribution in [0.15, 0.2) is 48.5 Å². The number of amides is 3. The summed E-state index contributed by atoms with van der Waals surface area (Å²) in [5.74, 6) is -0.694. The molecule has 0 atom stereocenters. The summed E-state index contributed by atoms with van der Waals surface area (Å²) >= 11 is 0. The van der Waals surface area contributed by atoms with E-state index in [1.54, 1.807) is 44.4 Å². The zero-order valence-electron chi connectivity index (χ0n) is 14.9. The maximum atomic E-state index is 12.2. The fraction of sp³-hybridized carbons (Fsp3) is 0.211. The average Bonchev–Trinajstić information content (AvgIpc) is 2.64. The van der Waals surface area contributed by atoms with E-state index in [2.05, 4.69) is 10.9 Å². The molecule has 0 radical (unpaired) electrons. The molecule has 0 aliphatic heterocycles. The van der Waals surface area contributed by atoms with Crippen LogP contribution in [0.5, 0.6) is 5.75 Å². The fourth-order valence-electron chi connectivity index (χ4n) is 2.08. The molecular formula is C19H21N3O4. The first kappa shape index (κ1) is 19.0. The lowest BCUT2D eigenvalue weighted by Crippen LogP contribution is -2.41. The van der Waals surface area contributed by atoms with Gasteiger partial charge in [0, 0.05) is 25.2 Å². The summed E-state index contributed by atoms with van der Waals surface area (Å²) in [5.41, 5.74) is 6.33. The van der Waals surface area contributed by atoms with Gasteiger partial charge in [-0.2, -0.15) is 0 Å². The predicted octanol–water partition coefficient (Wildman–Crippen LogP) is 1.54. The first-order valence-corrected chi connectivity index (χ1v) is 7.98. The monoisotopic (exact) mass is 355 g/mol. The second-order valence-electron chi connectivity index (χ2n) is 5.83. The van der Waals surface area contributed by atoms with Crippen LogP contribution in [0.4, 0.5) is 0 Å². The number of hydrogen-bond acceptors (Lipinski definition) is 4. The van der Waals surface area contributed by atoms with E-state index >= 15 is 0 Å². The Morgan fingerprint density at radius 2 is 1.65 bits per heavy atom. The highest BCUT2D eigenvalue weighted by atomic mass is 16.5. The molecule has 2 N–H and O–H groups in total. The molecule has 2 aromatic rings. The summed E-state index contributed by atoms with van der Waals surface area (Å²) in [4.78, 5) is 37.3. The average molecular weight is 355 g/mol. The molecule has 7 nitrogen and oxygen atoms in total. The largest absolute Gasteiger partial charge is 0.484 e. The highest BCUT2D eigenvalue weighted by Gasteiger charge is 2.12. The lowest BCUT2D eigenvalue weighted by Gasteiger charge is -2.12. The number of likely N-dealkylation sites (N-methyl/N-ethyl adjacent to an activating group) is 1. The van der Waals surface area contributed by atoms with Crippen molar-refractivity contribution in [3.8, 4) is 5.75 Å². The van der Waals surface area contributed by atoms with E-state index in [4.69, 9.17) is 4.74 Å². The molecule has 2 aromatic carbocycles. The van der Waals surface area contributed by atoms with Gasteiger partial charge in [-0.25, -0.2) is 0 Å². The van der Waals surface area contributed by atoms with Gasteiger partial charge >= 0.3 is 0 Å². The number of rotatable bonds is 5. The van der Waals surface area contributed by atoms with Gasteiger partial charge in [0.1, 0.15) is 5.75 Å². The zero-order chi connectivity index (χ0) is 19.1. The molecule has 0 aliphatic rings. The van der Waals surface area contributed by atoms with Crippen LogP contribution >= 0.6 is 0 Å². The van der Waals surface area contributed by atoms with Gasteiger partial charge in [-0.05, 0) is 36.8 Å². The fourth-order valence-corrected chi connectivity index (χ4v) is 2.08. The minimum atomic E-state index is -0.490. The SMILES string of the molecule is Cc1ccccc1C(=O)NNC(=O)c1cccc(OCC(=O)N(C)C)c1. The van der Waals surface area contributed by atoms with Gasteiger partial charge in [0.05, 0.1) is 0 Å². The first-order chi connectivity index (χ1) is 12.4. The number of hydrazine groups is 1. The van der Waals surface area contributed by atoms with Crippen LogP contribution in [-0.4, -0.2) is 43.3 Å². The molecule has 0 bridgehead atoms. The van der Waals surface area contributed by atoms with E-state index in [0.717, 1.165) is 5.56 Å². The quantitative estimate of drug-likeness (QED) is 0.797. The molecule has 0 fully saturated rings. The molecule has 0 aromatic heterocycles. The lowest BCUT2D eigenvalue weighted by molar-refractivity contribution is -0.130. The van der Waals surface area contributed by atoms with Crippen molar-refractivity contribution < 1.29 is 19.1 Å². The van der Waals surface area contributed by atoms with Crippen molar-refractivity contribution in [3.05, 3.63) is 65.2 Å². The second kappa shape index (κ2) is 8.66. The van der Waals surface area contributed by atoms with Gasteiger partial charge in [0.2, 0.25) is 0 Å². The minimum Gasteiger partial charge on any atom is -0.484 e. The topological polar surface area (TPSA) is 87.7 Å². The van der Waals surface area contributed by atoms with E-state index in [1.165, 1.54) is 11.0 Å². The predicted molar refractivity (Wildman–Crippen MR) is 96.7 cm³/mol. The Bertz CT molecular complexity index is 818.